The van der Waals surface area contributed by atoms with Crippen molar-refractivity contribution >= 4 is 0 Å². The van der Waals surface area contributed by atoms with E-state index in [0.29, 0.717) is 0 Å². The quantitative estimate of drug-likeness (QED) is 0.797. The third-order valence-corrected chi connectivity index (χ3v) is 3.53. The van der Waals surface area contributed by atoms with Crippen molar-refractivity contribution in [3.8, 4) is 0 Å². The van der Waals surface area contributed by atoms with Crippen molar-refractivity contribution in [3.63, 3.8) is 0 Å². The molecule has 1 saturated heterocycles. The first-order valence-electron chi connectivity index (χ1n) is 6.61. The van der Waals surface area contributed by atoms with Gasteiger partial charge in [-0.3, -0.25) is 9.58 Å². The number of nitrogens with zero attached hydrogens (tertiary/aromatic N) is 4. The second-order valence-corrected chi connectivity index (χ2v) is 4.74. The molecule has 0 aliphatic carbocycles. The molecule has 96 valence electrons. The van der Waals surface area contributed by atoms with Crippen LogP contribution in [0.25, 0.3) is 0 Å². The molecular formula is C12H23N5. The van der Waals surface area contributed by atoms with Gasteiger partial charge in [0.15, 0.2) is 0 Å². The first-order chi connectivity index (χ1) is 8.33. The number of nitrogens with one attached hydrogen (secondary N) is 1. The third kappa shape index (κ3) is 3.26. The van der Waals surface area contributed by atoms with Crippen molar-refractivity contribution in [1.82, 2.24) is 25.2 Å². The fraction of sp³-hybridized carbons (Fsp3) is 0.833. The van der Waals surface area contributed by atoms with E-state index in [0.717, 1.165) is 31.4 Å². The summed E-state index contributed by atoms with van der Waals surface area (Å²) in [4.78, 5) is 2.58. The van der Waals surface area contributed by atoms with Gasteiger partial charge in [-0.2, -0.15) is 0 Å². The van der Waals surface area contributed by atoms with E-state index in [4.69, 9.17) is 0 Å². The molecule has 1 aliphatic heterocycles. The van der Waals surface area contributed by atoms with E-state index in [1.54, 1.807) is 0 Å². The summed E-state index contributed by atoms with van der Waals surface area (Å²) in [5.41, 5.74) is 1.01. The molecule has 1 fully saturated rings. The van der Waals surface area contributed by atoms with Gasteiger partial charge in [-0.25, -0.2) is 0 Å². The molecule has 2 heterocycles. The van der Waals surface area contributed by atoms with Crippen LogP contribution in [0.2, 0.25) is 0 Å². The standard InChI is InChI=1S/C12H23N5/c1-3-12-5-4-6-16(12)7-8-17-10-11(9-13-2)14-15-17/h10,12-13H,3-9H2,1-2H3. The molecule has 0 bridgehead atoms. The molecule has 17 heavy (non-hydrogen) atoms. The van der Waals surface area contributed by atoms with Crippen LogP contribution >= 0.6 is 0 Å². The molecule has 1 unspecified atom stereocenters. The van der Waals surface area contributed by atoms with E-state index in [9.17, 15) is 0 Å². The highest BCUT2D eigenvalue weighted by Crippen LogP contribution is 2.19. The monoisotopic (exact) mass is 237 g/mol. The molecule has 0 saturated carbocycles. The zero-order chi connectivity index (χ0) is 12.1. The summed E-state index contributed by atoms with van der Waals surface area (Å²) in [6, 6.07) is 0.787. The van der Waals surface area contributed by atoms with Crippen LogP contribution in [-0.2, 0) is 13.1 Å². The number of aromatic nitrogens is 3. The number of hydrogen-bond acceptors (Lipinski definition) is 4. The second-order valence-electron chi connectivity index (χ2n) is 4.74. The van der Waals surface area contributed by atoms with Crippen LogP contribution in [0, 0.1) is 0 Å². The normalized spacial score (nSPS) is 21.2. The topological polar surface area (TPSA) is 46.0 Å². The Hall–Kier alpha value is -0.940. The Morgan fingerprint density at radius 3 is 3.12 bits per heavy atom. The second kappa shape index (κ2) is 6.12. The van der Waals surface area contributed by atoms with Gasteiger partial charge in [0.1, 0.15) is 0 Å². The first-order valence-corrected chi connectivity index (χ1v) is 6.61. The van der Waals surface area contributed by atoms with Crippen LogP contribution in [-0.4, -0.2) is 46.1 Å². The van der Waals surface area contributed by atoms with Gasteiger partial charge in [0.05, 0.1) is 12.2 Å². The van der Waals surface area contributed by atoms with Crippen LogP contribution in [0.3, 0.4) is 0 Å². The Kier molecular flexibility index (Phi) is 4.50. The van der Waals surface area contributed by atoms with Crippen LogP contribution < -0.4 is 5.32 Å². The maximum Gasteiger partial charge on any atom is 0.0964 e. The van der Waals surface area contributed by atoms with Gasteiger partial charge < -0.3 is 5.32 Å². The molecule has 1 aliphatic rings. The molecule has 1 N–H and O–H groups in total. The molecule has 0 amide bonds. The summed E-state index contributed by atoms with van der Waals surface area (Å²) >= 11 is 0. The Balaban J connectivity index is 1.80. The predicted octanol–water partition coefficient (Wildman–Crippen LogP) is 0.872. The maximum absolute atomic E-state index is 4.15. The fourth-order valence-corrected chi connectivity index (χ4v) is 2.59. The molecule has 5 heteroatoms. The van der Waals surface area contributed by atoms with Gasteiger partial charge in [-0.1, -0.05) is 12.1 Å². The van der Waals surface area contributed by atoms with Gasteiger partial charge in [0.2, 0.25) is 0 Å². The van der Waals surface area contributed by atoms with Gasteiger partial charge in [0, 0.05) is 25.3 Å². The lowest BCUT2D eigenvalue weighted by atomic mass is 10.2. The smallest absolute Gasteiger partial charge is 0.0964 e. The van der Waals surface area contributed by atoms with E-state index in [-0.39, 0.29) is 0 Å². The molecule has 1 atom stereocenters. The Bertz CT molecular complexity index is 335. The minimum Gasteiger partial charge on any atom is -0.314 e. The summed E-state index contributed by atoms with van der Waals surface area (Å²) in [7, 11) is 1.93. The molecule has 0 spiro atoms. The van der Waals surface area contributed by atoms with Crippen LogP contribution in [0.15, 0.2) is 6.20 Å². The van der Waals surface area contributed by atoms with Crippen molar-refractivity contribution in [2.45, 2.75) is 45.3 Å². The largest absolute Gasteiger partial charge is 0.314 e. The minimum absolute atomic E-state index is 0.787. The third-order valence-electron chi connectivity index (χ3n) is 3.53. The number of rotatable bonds is 6. The van der Waals surface area contributed by atoms with Gasteiger partial charge in [0.25, 0.3) is 0 Å². The summed E-state index contributed by atoms with van der Waals surface area (Å²) < 4.78 is 1.96. The summed E-state index contributed by atoms with van der Waals surface area (Å²) in [6.45, 7) is 6.37. The Labute approximate surface area is 103 Å². The molecule has 0 radical (unpaired) electrons. The van der Waals surface area contributed by atoms with Crippen molar-refractivity contribution < 1.29 is 0 Å². The highest BCUT2D eigenvalue weighted by molar-refractivity contribution is 4.91. The minimum atomic E-state index is 0.787. The number of hydrogen-bond donors (Lipinski definition) is 1. The maximum atomic E-state index is 4.15. The van der Waals surface area contributed by atoms with Crippen LogP contribution in [0.5, 0.6) is 0 Å². The van der Waals surface area contributed by atoms with Gasteiger partial charge in [-0.15, -0.1) is 5.10 Å². The van der Waals surface area contributed by atoms with E-state index in [2.05, 4.69) is 27.5 Å². The lowest BCUT2D eigenvalue weighted by Crippen LogP contribution is -2.32. The van der Waals surface area contributed by atoms with Gasteiger partial charge in [-0.05, 0) is 32.9 Å². The molecular weight excluding hydrogens is 214 g/mol. The lowest BCUT2D eigenvalue weighted by molar-refractivity contribution is 0.234. The van der Waals surface area contributed by atoms with E-state index >= 15 is 0 Å². The molecule has 2 rings (SSSR count). The zero-order valence-corrected chi connectivity index (χ0v) is 10.9. The Morgan fingerprint density at radius 1 is 1.47 bits per heavy atom. The molecule has 1 aromatic rings. The highest BCUT2D eigenvalue weighted by Gasteiger charge is 2.22. The molecule has 1 aromatic heterocycles. The van der Waals surface area contributed by atoms with Crippen molar-refractivity contribution in [2.24, 2.45) is 0 Å². The zero-order valence-electron chi connectivity index (χ0n) is 10.9. The van der Waals surface area contributed by atoms with Gasteiger partial charge >= 0.3 is 0 Å². The lowest BCUT2D eigenvalue weighted by Gasteiger charge is -2.22. The van der Waals surface area contributed by atoms with E-state index < -0.39 is 0 Å². The Morgan fingerprint density at radius 2 is 2.35 bits per heavy atom. The summed E-state index contributed by atoms with van der Waals surface area (Å²) in [5.74, 6) is 0. The highest BCUT2D eigenvalue weighted by atomic mass is 15.4. The summed E-state index contributed by atoms with van der Waals surface area (Å²) in [6.07, 6.45) is 6.01. The van der Waals surface area contributed by atoms with E-state index in [1.165, 1.54) is 25.8 Å². The first kappa shape index (κ1) is 12.5. The molecule has 5 nitrogen and oxygen atoms in total. The van der Waals surface area contributed by atoms with E-state index in [1.807, 2.05) is 17.9 Å². The SMILES string of the molecule is CCC1CCCN1CCn1cc(CNC)nn1. The average Bonchev–Trinajstić information content (AvgIpc) is 2.95. The predicted molar refractivity (Wildman–Crippen MR) is 67.7 cm³/mol. The van der Waals surface area contributed by atoms with Crippen molar-refractivity contribution in [2.75, 3.05) is 20.1 Å². The van der Waals surface area contributed by atoms with Crippen molar-refractivity contribution in [3.05, 3.63) is 11.9 Å². The van der Waals surface area contributed by atoms with Crippen molar-refractivity contribution in [1.29, 1.82) is 0 Å². The fourth-order valence-electron chi connectivity index (χ4n) is 2.59. The number of likely N-dealkylation sites (tertiary alicyclic amines) is 1. The van der Waals surface area contributed by atoms with Crippen LogP contribution in [0.4, 0.5) is 0 Å². The van der Waals surface area contributed by atoms with Crippen LogP contribution in [0.1, 0.15) is 31.9 Å². The average molecular weight is 237 g/mol. The molecule has 0 aromatic carbocycles. The summed E-state index contributed by atoms with van der Waals surface area (Å²) in [5, 5.41) is 11.4.